The Balaban J connectivity index is 2.30. The average molecular weight is 212 g/mol. The third-order valence-corrected chi connectivity index (χ3v) is 2.74. The van der Waals surface area contributed by atoms with E-state index in [1.165, 1.54) is 0 Å². The summed E-state index contributed by atoms with van der Waals surface area (Å²) in [5, 5.41) is 8.63. The van der Waals surface area contributed by atoms with Gasteiger partial charge in [-0.1, -0.05) is 6.92 Å². The van der Waals surface area contributed by atoms with Crippen LogP contribution in [-0.2, 0) is 10.5 Å². The number of rotatable bonds is 5. The Morgan fingerprint density at radius 1 is 1.57 bits per heavy atom. The van der Waals surface area contributed by atoms with Crippen molar-refractivity contribution in [1.29, 1.82) is 0 Å². The van der Waals surface area contributed by atoms with Crippen molar-refractivity contribution in [3.63, 3.8) is 0 Å². The Kier molecular flexibility index (Phi) is 4.39. The minimum Gasteiger partial charge on any atom is -0.481 e. The predicted molar refractivity (Wildman–Crippen MR) is 55.0 cm³/mol. The third-order valence-electron chi connectivity index (χ3n) is 1.58. The van der Waals surface area contributed by atoms with Crippen molar-refractivity contribution >= 4 is 17.7 Å². The summed E-state index contributed by atoms with van der Waals surface area (Å²) in [6, 6.07) is 1.76. The molecule has 1 aromatic rings. The van der Waals surface area contributed by atoms with E-state index in [1.54, 1.807) is 30.2 Å². The van der Waals surface area contributed by atoms with Crippen LogP contribution in [-0.4, -0.2) is 26.3 Å². The number of hydrogen-bond acceptors (Lipinski definition) is 4. The molecule has 0 fully saturated rings. The maximum Gasteiger partial charge on any atom is 0.304 e. The first kappa shape index (κ1) is 11.0. The molecule has 1 N–H and O–H groups in total. The molecule has 0 bridgehead atoms. The standard InChI is InChI=1S/C9H12N2O2S/c1-7(5-9(12)13)14-6-8-10-3-2-4-11-8/h2-4,7H,5-6H2,1H3,(H,12,13). The van der Waals surface area contributed by atoms with Crippen LogP contribution in [0.25, 0.3) is 0 Å². The fraction of sp³-hybridized carbons (Fsp3) is 0.444. The lowest BCUT2D eigenvalue weighted by atomic mass is 10.3. The second-order valence-corrected chi connectivity index (χ2v) is 4.31. The molecule has 0 aliphatic carbocycles. The summed E-state index contributed by atoms with van der Waals surface area (Å²) in [7, 11) is 0. The zero-order valence-electron chi connectivity index (χ0n) is 7.88. The molecule has 0 aromatic carbocycles. The highest BCUT2D eigenvalue weighted by molar-refractivity contribution is 7.99. The van der Waals surface area contributed by atoms with E-state index in [2.05, 4.69) is 9.97 Å². The van der Waals surface area contributed by atoms with Crippen LogP contribution < -0.4 is 0 Å². The Morgan fingerprint density at radius 2 is 2.21 bits per heavy atom. The lowest BCUT2D eigenvalue weighted by Gasteiger charge is -2.06. The summed E-state index contributed by atoms with van der Waals surface area (Å²) in [4.78, 5) is 18.5. The molecule has 14 heavy (non-hydrogen) atoms. The first-order valence-electron chi connectivity index (χ1n) is 4.28. The molecule has 0 saturated carbocycles. The van der Waals surface area contributed by atoms with Gasteiger partial charge < -0.3 is 5.11 Å². The van der Waals surface area contributed by atoms with Crippen LogP contribution in [0.5, 0.6) is 0 Å². The minimum absolute atomic E-state index is 0.0938. The molecule has 0 amide bonds. The van der Waals surface area contributed by atoms with Gasteiger partial charge in [-0.15, -0.1) is 0 Å². The average Bonchev–Trinajstić information content (AvgIpc) is 2.15. The highest BCUT2D eigenvalue weighted by Gasteiger charge is 2.08. The van der Waals surface area contributed by atoms with Crippen molar-refractivity contribution in [3.8, 4) is 0 Å². The number of nitrogens with zero attached hydrogens (tertiary/aromatic N) is 2. The van der Waals surface area contributed by atoms with E-state index >= 15 is 0 Å². The van der Waals surface area contributed by atoms with Crippen LogP contribution in [0, 0.1) is 0 Å². The van der Waals surface area contributed by atoms with Crippen LogP contribution in [0.1, 0.15) is 19.2 Å². The smallest absolute Gasteiger partial charge is 0.304 e. The summed E-state index contributed by atoms with van der Waals surface area (Å²) in [6.07, 6.45) is 3.55. The maximum atomic E-state index is 10.4. The van der Waals surface area contributed by atoms with Crippen LogP contribution in [0.3, 0.4) is 0 Å². The predicted octanol–water partition coefficient (Wildman–Crippen LogP) is 1.57. The number of carbonyl (C=O) groups is 1. The number of carboxylic acid groups (broad SMARTS) is 1. The van der Waals surface area contributed by atoms with E-state index in [9.17, 15) is 4.79 Å². The Bertz CT molecular complexity index is 292. The Hall–Kier alpha value is -1.10. The van der Waals surface area contributed by atoms with Crippen molar-refractivity contribution in [2.24, 2.45) is 0 Å². The summed E-state index contributed by atoms with van der Waals surface area (Å²) in [5.41, 5.74) is 0. The van der Waals surface area contributed by atoms with Gasteiger partial charge in [0.2, 0.25) is 0 Å². The fourth-order valence-electron chi connectivity index (χ4n) is 0.926. The number of aromatic nitrogens is 2. The zero-order chi connectivity index (χ0) is 10.4. The highest BCUT2D eigenvalue weighted by Crippen LogP contribution is 2.17. The van der Waals surface area contributed by atoms with Crippen LogP contribution in [0.15, 0.2) is 18.5 Å². The van der Waals surface area contributed by atoms with Gasteiger partial charge in [0.25, 0.3) is 0 Å². The second-order valence-electron chi connectivity index (χ2n) is 2.88. The zero-order valence-corrected chi connectivity index (χ0v) is 8.70. The molecule has 0 aliphatic heterocycles. The first-order valence-corrected chi connectivity index (χ1v) is 5.32. The summed E-state index contributed by atoms with van der Waals surface area (Å²) in [6.45, 7) is 1.89. The lowest BCUT2D eigenvalue weighted by molar-refractivity contribution is -0.136. The number of carboxylic acids is 1. The van der Waals surface area contributed by atoms with Gasteiger partial charge in [-0.2, -0.15) is 11.8 Å². The molecule has 76 valence electrons. The van der Waals surface area contributed by atoms with E-state index in [1.807, 2.05) is 6.92 Å². The molecule has 5 heteroatoms. The quantitative estimate of drug-likeness (QED) is 0.802. The van der Waals surface area contributed by atoms with Crippen molar-refractivity contribution in [2.75, 3.05) is 0 Å². The monoisotopic (exact) mass is 212 g/mol. The second kappa shape index (κ2) is 5.59. The molecule has 1 unspecified atom stereocenters. The van der Waals surface area contributed by atoms with Gasteiger partial charge >= 0.3 is 5.97 Å². The topological polar surface area (TPSA) is 63.1 Å². The van der Waals surface area contributed by atoms with Gasteiger partial charge in [0.1, 0.15) is 5.82 Å². The molecule has 0 saturated heterocycles. The summed E-state index contributed by atoms with van der Waals surface area (Å²) >= 11 is 1.55. The van der Waals surface area contributed by atoms with Gasteiger partial charge in [0.15, 0.2) is 0 Å². The normalized spacial score (nSPS) is 12.4. The molecule has 1 aromatic heterocycles. The molecule has 1 atom stereocenters. The van der Waals surface area contributed by atoms with Crippen molar-refractivity contribution < 1.29 is 9.90 Å². The molecule has 4 nitrogen and oxygen atoms in total. The van der Waals surface area contributed by atoms with E-state index in [0.29, 0.717) is 5.75 Å². The molecule has 1 rings (SSSR count). The number of hydrogen-bond donors (Lipinski definition) is 1. The molecule has 0 aliphatic rings. The van der Waals surface area contributed by atoms with E-state index < -0.39 is 5.97 Å². The van der Waals surface area contributed by atoms with Crippen molar-refractivity contribution in [1.82, 2.24) is 9.97 Å². The number of aliphatic carboxylic acids is 1. The van der Waals surface area contributed by atoms with Crippen molar-refractivity contribution in [3.05, 3.63) is 24.3 Å². The van der Waals surface area contributed by atoms with E-state index in [4.69, 9.17) is 5.11 Å². The fourth-order valence-corrected chi connectivity index (χ4v) is 1.77. The maximum absolute atomic E-state index is 10.4. The van der Waals surface area contributed by atoms with Gasteiger partial charge in [-0.05, 0) is 6.07 Å². The molecular weight excluding hydrogens is 200 g/mol. The van der Waals surface area contributed by atoms with Gasteiger partial charge in [-0.3, -0.25) is 4.79 Å². The number of thioether (sulfide) groups is 1. The Morgan fingerprint density at radius 3 is 2.79 bits per heavy atom. The summed E-state index contributed by atoms with van der Waals surface area (Å²) in [5.74, 6) is 0.642. The molecule has 0 spiro atoms. The van der Waals surface area contributed by atoms with Gasteiger partial charge in [-0.25, -0.2) is 9.97 Å². The van der Waals surface area contributed by atoms with Crippen LogP contribution in [0.2, 0.25) is 0 Å². The highest BCUT2D eigenvalue weighted by atomic mass is 32.2. The van der Waals surface area contributed by atoms with Crippen LogP contribution in [0.4, 0.5) is 0 Å². The summed E-state index contributed by atoms with van der Waals surface area (Å²) < 4.78 is 0. The lowest BCUT2D eigenvalue weighted by Crippen LogP contribution is -2.06. The van der Waals surface area contributed by atoms with Crippen molar-refractivity contribution in [2.45, 2.75) is 24.3 Å². The Labute approximate surface area is 86.8 Å². The SMILES string of the molecule is CC(CC(=O)O)SCc1ncccn1. The van der Waals surface area contributed by atoms with E-state index in [-0.39, 0.29) is 11.7 Å². The van der Waals surface area contributed by atoms with Gasteiger partial charge in [0, 0.05) is 17.6 Å². The molecule has 0 radical (unpaired) electrons. The van der Waals surface area contributed by atoms with E-state index in [0.717, 1.165) is 5.82 Å². The largest absolute Gasteiger partial charge is 0.481 e. The first-order chi connectivity index (χ1) is 6.68. The van der Waals surface area contributed by atoms with Crippen LogP contribution >= 0.6 is 11.8 Å². The molecule has 1 heterocycles. The minimum atomic E-state index is -0.765. The third kappa shape index (κ3) is 4.23. The molecular formula is C9H12N2O2S. The van der Waals surface area contributed by atoms with Gasteiger partial charge in [0.05, 0.1) is 12.2 Å².